The van der Waals surface area contributed by atoms with Gasteiger partial charge in [-0.25, -0.2) is 0 Å². The third-order valence-corrected chi connectivity index (χ3v) is 5.07. The molecule has 1 amide bonds. The Balaban J connectivity index is 3.35. The SMILES string of the molecule is CCCCCCCCCCCCCCCCC(O)(CCC)C(N)=O. The second kappa shape index (κ2) is 15.9. The van der Waals surface area contributed by atoms with Crippen molar-refractivity contribution in [2.24, 2.45) is 5.73 Å². The summed E-state index contributed by atoms with van der Waals surface area (Å²) >= 11 is 0. The van der Waals surface area contributed by atoms with E-state index in [4.69, 9.17) is 5.73 Å². The second-order valence-corrected chi connectivity index (χ2v) is 7.49. The summed E-state index contributed by atoms with van der Waals surface area (Å²) < 4.78 is 0. The Hall–Kier alpha value is -0.570. The van der Waals surface area contributed by atoms with E-state index in [2.05, 4.69) is 6.92 Å². The molecule has 1 atom stereocenters. The topological polar surface area (TPSA) is 63.3 Å². The van der Waals surface area contributed by atoms with Gasteiger partial charge in [0.2, 0.25) is 5.91 Å². The normalized spacial score (nSPS) is 13.8. The van der Waals surface area contributed by atoms with Gasteiger partial charge in [-0.15, -0.1) is 0 Å². The van der Waals surface area contributed by atoms with Crippen LogP contribution in [0.5, 0.6) is 0 Å². The van der Waals surface area contributed by atoms with E-state index in [0.717, 1.165) is 19.3 Å². The highest BCUT2D eigenvalue weighted by Crippen LogP contribution is 2.21. The number of carbonyl (C=O) groups is 1. The molecule has 0 spiro atoms. The summed E-state index contributed by atoms with van der Waals surface area (Å²) in [5, 5.41) is 10.2. The third kappa shape index (κ3) is 12.8. The first-order chi connectivity index (χ1) is 11.6. The zero-order valence-corrected chi connectivity index (χ0v) is 16.5. The molecule has 1 unspecified atom stereocenters. The van der Waals surface area contributed by atoms with Gasteiger partial charge >= 0.3 is 0 Å². The quantitative estimate of drug-likeness (QED) is 0.306. The van der Waals surface area contributed by atoms with Gasteiger partial charge in [0.05, 0.1) is 0 Å². The number of rotatable bonds is 18. The Labute approximate surface area is 150 Å². The van der Waals surface area contributed by atoms with Gasteiger partial charge < -0.3 is 10.8 Å². The molecule has 0 saturated heterocycles. The highest BCUT2D eigenvalue weighted by Gasteiger charge is 2.31. The molecule has 0 aromatic heterocycles. The van der Waals surface area contributed by atoms with Crippen molar-refractivity contribution >= 4 is 5.91 Å². The van der Waals surface area contributed by atoms with Crippen molar-refractivity contribution in [3.8, 4) is 0 Å². The molecule has 144 valence electrons. The van der Waals surface area contributed by atoms with E-state index in [1.807, 2.05) is 6.92 Å². The lowest BCUT2D eigenvalue weighted by Gasteiger charge is -2.23. The van der Waals surface area contributed by atoms with Crippen molar-refractivity contribution in [2.45, 2.75) is 129 Å². The Morgan fingerprint density at radius 3 is 1.38 bits per heavy atom. The Morgan fingerprint density at radius 2 is 1.04 bits per heavy atom. The van der Waals surface area contributed by atoms with Crippen molar-refractivity contribution in [3.63, 3.8) is 0 Å². The Kier molecular flexibility index (Phi) is 15.6. The molecule has 3 heteroatoms. The lowest BCUT2D eigenvalue weighted by molar-refractivity contribution is -0.137. The number of aliphatic hydroxyl groups is 1. The van der Waals surface area contributed by atoms with E-state index >= 15 is 0 Å². The van der Waals surface area contributed by atoms with Crippen LogP contribution in [0.25, 0.3) is 0 Å². The molecule has 3 N–H and O–H groups in total. The molecule has 0 aliphatic carbocycles. The monoisotopic (exact) mass is 341 g/mol. The number of hydrogen-bond acceptors (Lipinski definition) is 2. The van der Waals surface area contributed by atoms with Gasteiger partial charge in [0.15, 0.2) is 0 Å². The van der Waals surface area contributed by atoms with E-state index in [-0.39, 0.29) is 0 Å². The van der Waals surface area contributed by atoms with Crippen molar-refractivity contribution in [2.75, 3.05) is 0 Å². The lowest BCUT2D eigenvalue weighted by atomic mass is 9.90. The van der Waals surface area contributed by atoms with Gasteiger partial charge in [0, 0.05) is 0 Å². The van der Waals surface area contributed by atoms with Crippen LogP contribution in [0.2, 0.25) is 0 Å². The van der Waals surface area contributed by atoms with Gasteiger partial charge in [0.25, 0.3) is 0 Å². The number of carbonyl (C=O) groups excluding carboxylic acids is 1. The van der Waals surface area contributed by atoms with Crippen LogP contribution in [0.1, 0.15) is 123 Å². The maximum absolute atomic E-state index is 11.3. The minimum Gasteiger partial charge on any atom is -0.380 e. The van der Waals surface area contributed by atoms with E-state index in [1.54, 1.807) is 0 Å². The van der Waals surface area contributed by atoms with Crippen molar-refractivity contribution in [1.29, 1.82) is 0 Å². The van der Waals surface area contributed by atoms with Crippen LogP contribution in [0.4, 0.5) is 0 Å². The Morgan fingerprint density at radius 1 is 0.667 bits per heavy atom. The zero-order valence-electron chi connectivity index (χ0n) is 16.5. The first-order valence-corrected chi connectivity index (χ1v) is 10.6. The number of primary amides is 1. The van der Waals surface area contributed by atoms with Gasteiger partial charge in [-0.05, 0) is 12.8 Å². The summed E-state index contributed by atoms with van der Waals surface area (Å²) in [6.07, 6.45) is 20.1. The van der Waals surface area contributed by atoms with E-state index in [0.29, 0.717) is 12.8 Å². The van der Waals surface area contributed by atoms with E-state index < -0.39 is 11.5 Å². The summed E-state index contributed by atoms with van der Waals surface area (Å²) in [6.45, 7) is 4.24. The van der Waals surface area contributed by atoms with Crippen LogP contribution < -0.4 is 5.73 Å². The summed E-state index contributed by atoms with van der Waals surface area (Å²) in [5.41, 5.74) is 4.05. The number of amides is 1. The minimum atomic E-state index is -1.27. The summed E-state index contributed by atoms with van der Waals surface area (Å²) in [4.78, 5) is 11.3. The second-order valence-electron chi connectivity index (χ2n) is 7.49. The zero-order chi connectivity index (χ0) is 18.1. The molecule has 0 rings (SSSR count). The average Bonchev–Trinajstić information content (AvgIpc) is 2.55. The van der Waals surface area contributed by atoms with Gasteiger partial charge in [0.1, 0.15) is 5.60 Å². The maximum atomic E-state index is 11.3. The molecule has 0 aliphatic heterocycles. The molecule has 24 heavy (non-hydrogen) atoms. The molecule has 0 aromatic carbocycles. The van der Waals surface area contributed by atoms with Crippen LogP contribution in [0.3, 0.4) is 0 Å². The number of nitrogens with two attached hydrogens (primary N) is 1. The molecule has 3 nitrogen and oxygen atoms in total. The van der Waals surface area contributed by atoms with Crippen LogP contribution in [0.15, 0.2) is 0 Å². The minimum absolute atomic E-state index is 0.487. The maximum Gasteiger partial charge on any atom is 0.249 e. The lowest BCUT2D eigenvalue weighted by Crippen LogP contribution is -2.43. The van der Waals surface area contributed by atoms with Crippen molar-refractivity contribution < 1.29 is 9.90 Å². The summed E-state index contributed by atoms with van der Waals surface area (Å²) in [5.74, 6) is -0.556. The van der Waals surface area contributed by atoms with Crippen molar-refractivity contribution in [1.82, 2.24) is 0 Å². The molecule has 0 aliphatic rings. The van der Waals surface area contributed by atoms with Gasteiger partial charge in [-0.2, -0.15) is 0 Å². The average molecular weight is 342 g/mol. The molecule has 0 bridgehead atoms. The Bertz CT molecular complexity index is 294. The van der Waals surface area contributed by atoms with E-state index in [1.165, 1.54) is 77.0 Å². The smallest absolute Gasteiger partial charge is 0.249 e. The fourth-order valence-electron chi connectivity index (χ4n) is 3.40. The van der Waals surface area contributed by atoms with Crippen LogP contribution >= 0.6 is 0 Å². The molecule has 0 saturated carbocycles. The summed E-state index contributed by atoms with van der Waals surface area (Å²) in [6, 6.07) is 0. The van der Waals surface area contributed by atoms with Crippen LogP contribution in [-0.4, -0.2) is 16.6 Å². The molecule has 0 heterocycles. The molecular weight excluding hydrogens is 298 g/mol. The third-order valence-electron chi connectivity index (χ3n) is 5.07. The fourth-order valence-corrected chi connectivity index (χ4v) is 3.40. The molecular formula is C21H43NO2. The predicted octanol–water partition coefficient (Wildman–Crippen LogP) is 5.87. The molecule has 0 fully saturated rings. The number of unbranched alkanes of at least 4 members (excludes halogenated alkanes) is 13. The van der Waals surface area contributed by atoms with E-state index in [9.17, 15) is 9.90 Å². The first-order valence-electron chi connectivity index (χ1n) is 10.6. The molecule has 0 aromatic rings. The highest BCUT2D eigenvalue weighted by atomic mass is 16.3. The van der Waals surface area contributed by atoms with Gasteiger partial charge in [-0.3, -0.25) is 4.79 Å². The number of hydrogen-bond donors (Lipinski definition) is 2. The molecule has 0 radical (unpaired) electrons. The largest absolute Gasteiger partial charge is 0.380 e. The van der Waals surface area contributed by atoms with Crippen LogP contribution in [-0.2, 0) is 4.79 Å². The first kappa shape index (κ1) is 23.4. The summed E-state index contributed by atoms with van der Waals surface area (Å²) in [7, 11) is 0. The fraction of sp³-hybridized carbons (Fsp3) is 0.952. The van der Waals surface area contributed by atoms with Gasteiger partial charge in [-0.1, -0.05) is 110 Å². The van der Waals surface area contributed by atoms with Crippen molar-refractivity contribution in [3.05, 3.63) is 0 Å². The highest BCUT2D eigenvalue weighted by molar-refractivity contribution is 5.83. The predicted molar refractivity (Wildman–Crippen MR) is 104 cm³/mol. The standard InChI is InChI=1S/C21H43NO2/c1-3-5-6-7-8-9-10-11-12-13-14-15-16-17-19-21(24,18-4-2)20(22)23/h24H,3-19H2,1-2H3,(H2,22,23). The van der Waals surface area contributed by atoms with Crippen LogP contribution in [0, 0.1) is 0 Å².